The molecule has 1 saturated heterocycles. The quantitative estimate of drug-likeness (QED) is 0.639. The fraction of sp³-hybridized carbons (Fsp3) is 0.556. The molecule has 0 N–H and O–H groups in total. The van der Waals surface area contributed by atoms with Crippen LogP contribution in [0.15, 0.2) is 12.1 Å². The highest BCUT2D eigenvalue weighted by atomic mass is 32.2. The Morgan fingerprint density at radius 3 is 2.38 bits per heavy atom. The zero-order chi connectivity index (χ0) is 19.1. The molecule has 1 fully saturated rings. The first-order valence-electron chi connectivity index (χ1n) is 8.42. The summed E-state index contributed by atoms with van der Waals surface area (Å²) in [5, 5.41) is -0.304. The van der Waals surface area contributed by atoms with Crippen LogP contribution >= 0.6 is 11.8 Å². The Labute approximate surface area is 157 Å². The molecule has 144 valence electrons. The predicted molar refractivity (Wildman–Crippen MR) is 98.9 cm³/mol. The second-order valence-corrected chi connectivity index (χ2v) is 6.75. The number of carbonyl (C=O) groups excluding carboxylic acids is 2. The van der Waals surface area contributed by atoms with Crippen molar-refractivity contribution in [2.24, 2.45) is 0 Å². The Morgan fingerprint density at radius 2 is 1.85 bits per heavy atom. The summed E-state index contributed by atoms with van der Waals surface area (Å²) in [6.45, 7) is 2.37. The van der Waals surface area contributed by atoms with Gasteiger partial charge in [0.25, 0.3) is 0 Å². The first kappa shape index (κ1) is 20.2. The SMILES string of the molecule is CCOC(=O)CCN1C(=O)CCSC1c1c(OC)cc(OC)cc1OC. The van der Waals surface area contributed by atoms with Gasteiger partial charge in [-0.1, -0.05) is 0 Å². The highest BCUT2D eigenvalue weighted by molar-refractivity contribution is 7.99. The first-order valence-corrected chi connectivity index (χ1v) is 9.47. The molecular formula is C18H25NO6S. The van der Waals surface area contributed by atoms with Gasteiger partial charge in [0.2, 0.25) is 5.91 Å². The number of ether oxygens (including phenoxy) is 4. The van der Waals surface area contributed by atoms with Gasteiger partial charge in [-0.15, -0.1) is 11.8 Å². The average molecular weight is 383 g/mol. The van der Waals surface area contributed by atoms with Crippen LogP contribution in [0.3, 0.4) is 0 Å². The van der Waals surface area contributed by atoms with Gasteiger partial charge in [-0.2, -0.15) is 0 Å². The van der Waals surface area contributed by atoms with Crippen molar-refractivity contribution in [3.63, 3.8) is 0 Å². The summed E-state index contributed by atoms with van der Waals surface area (Å²) in [5.74, 6) is 2.13. The molecule has 26 heavy (non-hydrogen) atoms. The molecule has 1 atom stereocenters. The summed E-state index contributed by atoms with van der Waals surface area (Å²) in [5.41, 5.74) is 0.762. The molecule has 7 nitrogen and oxygen atoms in total. The van der Waals surface area contributed by atoms with Crippen LogP contribution in [0.25, 0.3) is 0 Å². The minimum absolute atomic E-state index is 0.00188. The van der Waals surface area contributed by atoms with E-state index < -0.39 is 0 Å². The van der Waals surface area contributed by atoms with E-state index in [1.54, 1.807) is 57.0 Å². The molecule has 1 aliphatic heterocycles. The van der Waals surface area contributed by atoms with Crippen LogP contribution in [0.4, 0.5) is 0 Å². The summed E-state index contributed by atoms with van der Waals surface area (Å²) >= 11 is 1.62. The van der Waals surface area contributed by atoms with Crippen molar-refractivity contribution in [1.29, 1.82) is 0 Å². The fourth-order valence-corrected chi connectivity index (χ4v) is 4.14. The lowest BCUT2D eigenvalue weighted by atomic mass is 10.1. The molecule has 0 radical (unpaired) electrons. The minimum atomic E-state index is -0.316. The molecule has 8 heteroatoms. The van der Waals surface area contributed by atoms with Crippen molar-refractivity contribution >= 4 is 23.6 Å². The molecule has 0 aliphatic carbocycles. The minimum Gasteiger partial charge on any atom is -0.496 e. The number of esters is 1. The molecule has 1 aromatic rings. The number of methoxy groups -OCH3 is 3. The zero-order valence-corrected chi connectivity index (χ0v) is 16.4. The largest absolute Gasteiger partial charge is 0.496 e. The van der Waals surface area contributed by atoms with Crippen LogP contribution < -0.4 is 14.2 Å². The van der Waals surface area contributed by atoms with Crippen LogP contribution in [0, 0.1) is 0 Å². The summed E-state index contributed by atoms with van der Waals surface area (Å²) in [4.78, 5) is 25.9. The van der Waals surface area contributed by atoms with E-state index in [4.69, 9.17) is 18.9 Å². The van der Waals surface area contributed by atoms with E-state index in [2.05, 4.69) is 0 Å². The van der Waals surface area contributed by atoms with E-state index in [0.29, 0.717) is 36.0 Å². The van der Waals surface area contributed by atoms with Crippen LogP contribution in [0.2, 0.25) is 0 Å². The third-order valence-corrected chi connectivity index (χ3v) is 5.30. The molecule has 2 rings (SSSR count). The lowest BCUT2D eigenvalue weighted by Crippen LogP contribution is -2.39. The molecule has 1 aliphatic rings. The summed E-state index contributed by atoms with van der Waals surface area (Å²) in [6, 6.07) is 3.53. The van der Waals surface area contributed by atoms with Crippen LogP contribution in [-0.2, 0) is 14.3 Å². The third kappa shape index (κ3) is 4.55. The van der Waals surface area contributed by atoms with Crippen molar-refractivity contribution in [3.05, 3.63) is 17.7 Å². The van der Waals surface area contributed by atoms with Crippen molar-refractivity contribution in [2.75, 3.05) is 40.2 Å². The van der Waals surface area contributed by atoms with Gasteiger partial charge in [-0.05, 0) is 6.92 Å². The maximum absolute atomic E-state index is 12.5. The standard InChI is InChI=1S/C18H25NO6S/c1-5-25-16(21)6-8-19-15(20)7-9-26-18(19)17-13(23-3)10-12(22-2)11-14(17)24-4/h10-11,18H,5-9H2,1-4H3. The van der Waals surface area contributed by atoms with E-state index in [1.807, 2.05) is 0 Å². The maximum atomic E-state index is 12.5. The van der Waals surface area contributed by atoms with Crippen LogP contribution in [0.1, 0.15) is 30.7 Å². The summed E-state index contributed by atoms with van der Waals surface area (Å²) in [7, 11) is 4.70. The van der Waals surface area contributed by atoms with E-state index in [-0.39, 0.29) is 30.2 Å². The molecule has 0 spiro atoms. The highest BCUT2D eigenvalue weighted by Crippen LogP contribution is 2.47. The number of hydrogen-bond donors (Lipinski definition) is 0. The third-order valence-electron chi connectivity index (χ3n) is 4.06. The molecular weight excluding hydrogens is 358 g/mol. The fourth-order valence-electron chi connectivity index (χ4n) is 2.82. The van der Waals surface area contributed by atoms with Crippen molar-refractivity contribution < 1.29 is 28.5 Å². The van der Waals surface area contributed by atoms with Gasteiger partial charge in [-0.25, -0.2) is 0 Å². The van der Waals surface area contributed by atoms with Gasteiger partial charge in [0.05, 0.1) is 39.9 Å². The van der Waals surface area contributed by atoms with Gasteiger partial charge in [0, 0.05) is 30.9 Å². The number of hydrogen-bond acceptors (Lipinski definition) is 7. The number of thioether (sulfide) groups is 1. The topological polar surface area (TPSA) is 74.3 Å². The van der Waals surface area contributed by atoms with Crippen molar-refractivity contribution in [1.82, 2.24) is 4.90 Å². The molecule has 1 heterocycles. The van der Waals surface area contributed by atoms with E-state index in [0.717, 1.165) is 5.56 Å². The van der Waals surface area contributed by atoms with Gasteiger partial charge in [0.15, 0.2) is 0 Å². The average Bonchev–Trinajstić information content (AvgIpc) is 2.65. The first-order chi connectivity index (χ1) is 12.5. The second kappa shape index (κ2) is 9.56. The van der Waals surface area contributed by atoms with Crippen molar-refractivity contribution in [3.8, 4) is 17.2 Å². The molecule has 1 aromatic carbocycles. The smallest absolute Gasteiger partial charge is 0.307 e. The molecule has 0 aromatic heterocycles. The number of carbonyl (C=O) groups is 2. The number of nitrogens with zero attached hydrogens (tertiary/aromatic N) is 1. The van der Waals surface area contributed by atoms with Crippen LogP contribution in [-0.4, -0.2) is 57.0 Å². The molecule has 0 saturated carbocycles. The van der Waals surface area contributed by atoms with Gasteiger partial charge in [0.1, 0.15) is 22.6 Å². The highest BCUT2D eigenvalue weighted by Gasteiger charge is 2.34. The second-order valence-electron chi connectivity index (χ2n) is 5.56. The Hall–Kier alpha value is -2.09. The van der Waals surface area contributed by atoms with E-state index in [1.165, 1.54) is 0 Å². The van der Waals surface area contributed by atoms with Crippen LogP contribution in [0.5, 0.6) is 17.2 Å². The van der Waals surface area contributed by atoms with Crippen molar-refractivity contribution in [2.45, 2.75) is 25.1 Å². The van der Waals surface area contributed by atoms with E-state index >= 15 is 0 Å². The Morgan fingerprint density at radius 1 is 1.19 bits per heavy atom. The normalized spacial score (nSPS) is 17.0. The maximum Gasteiger partial charge on any atom is 0.307 e. The summed E-state index contributed by atoms with van der Waals surface area (Å²) < 4.78 is 21.3. The van der Waals surface area contributed by atoms with Gasteiger partial charge >= 0.3 is 5.97 Å². The number of amides is 1. The molecule has 1 amide bonds. The monoisotopic (exact) mass is 383 g/mol. The van der Waals surface area contributed by atoms with Gasteiger partial charge < -0.3 is 23.8 Å². The number of benzene rings is 1. The Kier molecular flexibility index (Phi) is 7.44. The lowest BCUT2D eigenvalue weighted by molar-refractivity contribution is -0.144. The summed E-state index contributed by atoms with van der Waals surface area (Å²) in [6.07, 6.45) is 0.586. The zero-order valence-electron chi connectivity index (χ0n) is 15.6. The predicted octanol–water partition coefficient (Wildman–Crippen LogP) is 2.63. The van der Waals surface area contributed by atoms with Gasteiger partial charge in [-0.3, -0.25) is 9.59 Å². The lowest BCUT2D eigenvalue weighted by Gasteiger charge is -2.36. The molecule has 0 bridgehead atoms. The van der Waals surface area contributed by atoms with E-state index in [9.17, 15) is 9.59 Å². The Bertz CT molecular complexity index is 626. The Balaban J connectivity index is 2.36. The number of rotatable bonds is 8. The molecule has 1 unspecified atom stereocenters.